The first-order chi connectivity index (χ1) is 8.25. The largest absolute Gasteiger partial charge is 0.299 e. The third kappa shape index (κ3) is 4.99. The molecule has 0 bridgehead atoms. The van der Waals surface area contributed by atoms with Crippen molar-refractivity contribution in [2.75, 3.05) is 0 Å². The number of ketones is 1. The summed E-state index contributed by atoms with van der Waals surface area (Å²) >= 11 is 0. The molecule has 0 heterocycles. The monoisotopic (exact) mass is 230 g/mol. The van der Waals surface area contributed by atoms with Crippen molar-refractivity contribution in [3.63, 3.8) is 0 Å². The highest BCUT2D eigenvalue weighted by Gasteiger charge is 2.14. The van der Waals surface area contributed by atoms with Crippen LogP contribution in [0.5, 0.6) is 0 Å². The van der Waals surface area contributed by atoms with Crippen molar-refractivity contribution in [3.05, 3.63) is 48.0 Å². The molecule has 1 rings (SSSR count). The number of carbonyl (C=O) groups excluding carboxylic acids is 1. The van der Waals surface area contributed by atoms with Gasteiger partial charge in [-0.05, 0) is 25.3 Å². The molecule has 0 saturated carbocycles. The van der Waals surface area contributed by atoms with Crippen LogP contribution < -0.4 is 0 Å². The first-order valence-corrected chi connectivity index (χ1v) is 6.46. The zero-order valence-corrected chi connectivity index (χ0v) is 10.9. The quantitative estimate of drug-likeness (QED) is 0.498. The van der Waals surface area contributed by atoms with Crippen molar-refractivity contribution < 1.29 is 4.79 Å². The van der Waals surface area contributed by atoms with Crippen LogP contribution in [0.25, 0.3) is 0 Å². The molecular weight excluding hydrogens is 208 g/mol. The lowest BCUT2D eigenvalue weighted by atomic mass is 9.92. The maximum Gasteiger partial charge on any atom is 0.137 e. The van der Waals surface area contributed by atoms with Gasteiger partial charge in [-0.1, -0.05) is 62.2 Å². The first kappa shape index (κ1) is 13.7. The van der Waals surface area contributed by atoms with E-state index in [2.05, 4.69) is 19.1 Å². The zero-order chi connectivity index (χ0) is 12.5. The second-order valence-electron chi connectivity index (χ2n) is 4.42. The average Bonchev–Trinajstić information content (AvgIpc) is 2.34. The molecule has 17 heavy (non-hydrogen) atoms. The molecule has 0 aromatic heterocycles. The maximum absolute atomic E-state index is 11.6. The summed E-state index contributed by atoms with van der Waals surface area (Å²) in [5.74, 6) is 0.269. The summed E-state index contributed by atoms with van der Waals surface area (Å²) in [5.41, 5.74) is 1.13. The van der Waals surface area contributed by atoms with E-state index in [0.29, 0.717) is 0 Å². The minimum absolute atomic E-state index is 0.0223. The van der Waals surface area contributed by atoms with Crippen molar-refractivity contribution in [2.45, 2.75) is 45.4 Å². The highest BCUT2D eigenvalue weighted by Crippen LogP contribution is 2.21. The number of carbonyl (C=O) groups is 1. The van der Waals surface area contributed by atoms with E-state index in [4.69, 9.17) is 0 Å². The van der Waals surface area contributed by atoms with Crippen LogP contribution >= 0.6 is 0 Å². The van der Waals surface area contributed by atoms with Crippen LogP contribution in [0.4, 0.5) is 0 Å². The Balaban J connectivity index is 2.56. The van der Waals surface area contributed by atoms with Crippen LogP contribution in [0, 0.1) is 0 Å². The third-order valence-electron chi connectivity index (χ3n) is 2.96. The third-order valence-corrected chi connectivity index (χ3v) is 2.96. The molecule has 0 N–H and O–H groups in total. The Morgan fingerprint density at radius 1 is 1.24 bits per heavy atom. The van der Waals surface area contributed by atoms with E-state index in [1.54, 1.807) is 6.92 Å². The lowest BCUT2D eigenvalue weighted by Crippen LogP contribution is -2.07. The van der Waals surface area contributed by atoms with E-state index in [1.807, 2.05) is 30.3 Å². The molecular formula is C16H22O. The van der Waals surface area contributed by atoms with Crippen molar-refractivity contribution in [1.82, 2.24) is 0 Å². The van der Waals surface area contributed by atoms with Crippen molar-refractivity contribution in [1.29, 1.82) is 0 Å². The second kappa shape index (κ2) is 7.83. The van der Waals surface area contributed by atoms with Crippen molar-refractivity contribution in [2.24, 2.45) is 0 Å². The van der Waals surface area contributed by atoms with Crippen LogP contribution in [0.2, 0.25) is 0 Å². The van der Waals surface area contributed by atoms with E-state index in [9.17, 15) is 4.79 Å². The number of hydrogen-bond acceptors (Lipinski definition) is 1. The Morgan fingerprint density at radius 2 is 1.94 bits per heavy atom. The number of benzene rings is 1. The Hall–Kier alpha value is -1.37. The molecule has 0 radical (unpaired) electrons. The van der Waals surface area contributed by atoms with Gasteiger partial charge in [-0.2, -0.15) is 0 Å². The van der Waals surface area contributed by atoms with E-state index in [-0.39, 0.29) is 11.7 Å². The summed E-state index contributed by atoms with van der Waals surface area (Å²) in [7, 11) is 0. The lowest BCUT2D eigenvalue weighted by molar-refractivity contribution is -0.118. The topological polar surface area (TPSA) is 17.1 Å². The van der Waals surface area contributed by atoms with Gasteiger partial charge in [0, 0.05) is 5.92 Å². The summed E-state index contributed by atoms with van der Waals surface area (Å²) < 4.78 is 0. The van der Waals surface area contributed by atoms with Gasteiger partial charge < -0.3 is 0 Å². The minimum Gasteiger partial charge on any atom is -0.299 e. The Kier molecular flexibility index (Phi) is 6.31. The highest BCUT2D eigenvalue weighted by atomic mass is 16.1. The fourth-order valence-corrected chi connectivity index (χ4v) is 1.89. The number of rotatable bonds is 7. The molecule has 1 heteroatoms. The van der Waals surface area contributed by atoms with Gasteiger partial charge in [-0.25, -0.2) is 0 Å². The van der Waals surface area contributed by atoms with E-state index in [1.165, 1.54) is 12.8 Å². The molecule has 0 amide bonds. The Morgan fingerprint density at radius 3 is 2.53 bits per heavy atom. The summed E-state index contributed by atoms with van der Waals surface area (Å²) in [6.45, 7) is 3.87. The maximum atomic E-state index is 11.6. The normalized spacial score (nSPS) is 12.8. The first-order valence-electron chi connectivity index (χ1n) is 6.46. The number of unbranched alkanes of at least 4 members (excludes halogenated alkanes) is 2. The molecule has 1 aromatic carbocycles. The van der Waals surface area contributed by atoms with Crippen LogP contribution in [0.15, 0.2) is 42.5 Å². The van der Waals surface area contributed by atoms with Gasteiger partial charge in [0.1, 0.15) is 5.78 Å². The molecule has 0 unspecified atom stereocenters. The predicted octanol–water partition coefficient (Wildman–Crippen LogP) is 4.50. The van der Waals surface area contributed by atoms with Crippen LogP contribution in [-0.4, -0.2) is 5.78 Å². The van der Waals surface area contributed by atoms with Crippen molar-refractivity contribution >= 4 is 5.78 Å². The molecule has 0 spiro atoms. The molecule has 1 nitrogen and oxygen atoms in total. The molecule has 0 aliphatic carbocycles. The summed E-state index contributed by atoms with van der Waals surface area (Å²) in [4.78, 5) is 11.6. The minimum atomic E-state index is 0.0223. The number of Topliss-reactive ketones (excluding diaryl/α,β-unsaturated/α-hetero) is 1. The average molecular weight is 230 g/mol. The van der Waals surface area contributed by atoms with Gasteiger partial charge in [-0.15, -0.1) is 0 Å². The number of hydrogen-bond donors (Lipinski definition) is 0. The standard InChI is InChI=1S/C16H22O/c1-3-4-5-6-10-13-16(14(2)17)15-11-8-7-9-12-15/h6-12,16H,3-5,13H2,1-2H3/b10-6+/t16-/m1/s1. The Labute approximate surface area is 105 Å². The van der Waals surface area contributed by atoms with Crippen LogP contribution in [0.1, 0.15) is 51.0 Å². The van der Waals surface area contributed by atoms with Gasteiger partial charge in [-0.3, -0.25) is 4.79 Å². The highest BCUT2D eigenvalue weighted by molar-refractivity contribution is 5.83. The summed E-state index contributed by atoms with van der Waals surface area (Å²) in [5, 5.41) is 0. The van der Waals surface area contributed by atoms with Gasteiger partial charge in [0.25, 0.3) is 0 Å². The fourth-order valence-electron chi connectivity index (χ4n) is 1.89. The molecule has 0 saturated heterocycles. The van der Waals surface area contributed by atoms with E-state index in [0.717, 1.165) is 18.4 Å². The van der Waals surface area contributed by atoms with Gasteiger partial charge in [0.2, 0.25) is 0 Å². The molecule has 0 aliphatic rings. The van der Waals surface area contributed by atoms with E-state index < -0.39 is 0 Å². The Bertz CT molecular complexity index is 351. The molecule has 1 atom stereocenters. The van der Waals surface area contributed by atoms with Crippen molar-refractivity contribution in [3.8, 4) is 0 Å². The van der Waals surface area contributed by atoms with Gasteiger partial charge in [0.05, 0.1) is 0 Å². The number of allylic oxidation sites excluding steroid dienone is 2. The predicted molar refractivity (Wildman–Crippen MR) is 73.1 cm³/mol. The van der Waals surface area contributed by atoms with E-state index >= 15 is 0 Å². The lowest BCUT2D eigenvalue weighted by Gasteiger charge is -2.11. The summed E-state index contributed by atoms with van der Waals surface area (Å²) in [6, 6.07) is 10.0. The van der Waals surface area contributed by atoms with Crippen LogP contribution in [-0.2, 0) is 4.79 Å². The molecule has 1 aromatic rings. The second-order valence-corrected chi connectivity index (χ2v) is 4.42. The molecule has 92 valence electrons. The van der Waals surface area contributed by atoms with Gasteiger partial charge >= 0.3 is 0 Å². The van der Waals surface area contributed by atoms with Crippen LogP contribution in [0.3, 0.4) is 0 Å². The molecule has 0 fully saturated rings. The zero-order valence-electron chi connectivity index (χ0n) is 10.9. The SMILES string of the molecule is CCCC/C=C/C[C@H](C(C)=O)c1ccccc1. The molecule has 0 aliphatic heterocycles. The fraction of sp³-hybridized carbons (Fsp3) is 0.438. The van der Waals surface area contributed by atoms with Gasteiger partial charge in [0.15, 0.2) is 0 Å². The summed E-state index contributed by atoms with van der Waals surface area (Å²) in [6.07, 6.45) is 8.74. The smallest absolute Gasteiger partial charge is 0.137 e.